The van der Waals surface area contributed by atoms with Crippen molar-refractivity contribution in [3.05, 3.63) is 35.9 Å². The maximum Gasteiger partial charge on any atom is 0.241 e. The summed E-state index contributed by atoms with van der Waals surface area (Å²) < 4.78 is 0. The molecule has 1 amide bonds. The molecular formula is C18H31IN4OS. The number of carbonyl (C=O) groups excluding carboxylic acids is 1. The molecule has 0 saturated heterocycles. The van der Waals surface area contributed by atoms with Crippen LogP contribution in [-0.2, 0) is 11.2 Å². The Bertz CT molecular complexity index is 485. The maximum absolute atomic E-state index is 11.9. The van der Waals surface area contributed by atoms with Crippen LogP contribution in [0.25, 0.3) is 0 Å². The van der Waals surface area contributed by atoms with Crippen LogP contribution in [0.4, 0.5) is 0 Å². The Morgan fingerprint density at radius 3 is 2.52 bits per heavy atom. The van der Waals surface area contributed by atoms with Gasteiger partial charge in [-0.25, -0.2) is 4.99 Å². The van der Waals surface area contributed by atoms with Gasteiger partial charge in [0.1, 0.15) is 6.54 Å². The van der Waals surface area contributed by atoms with Crippen molar-refractivity contribution in [3.8, 4) is 0 Å². The summed E-state index contributed by atoms with van der Waals surface area (Å²) in [6.07, 6.45) is 5.25. The largest absolute Gasteiger partial charge is 0.357 e. The molecular weight excluding hydrogens is 447 g/mol. The van der Waals surface area contributed by atoms with E-state index < -0.39 is 0 Å². The number of halogens is 1. The number of unbranched alkanes of at least 4 members (excludes halogenated alkanes) is 1. The van der Waals surface area contributed by atoms with E-state index in [4.69, 9.17) is 0 Å². The summed E-state index contributed by atoms with van der Waals surface area (Å²) >= 11 is 1.86. The Hall–Kier alpha value is -0.960. The molecule has 0 bridgehead atoms. The Balaban J connectivity index is 0.00000576. The molecule has 0 heterocycles. The molecule has 3 N–H and O–H groups in total. The van der Waals surface area contributed by atoms with Crippen LogP contribution >= 0.6 is 35.7 Å². The lowest BCUT2D eigenvalue weighted by Gasteiger charge is -2.11. The number of guanidine groups is 1. The summed E-state index contributed by atoms with van der Waals surface area (Å²) in [6, 6.07) is 10.1. The normalized spacial score (nSPS) is 10.7. The fraction of sp³-hybridized carbons (Fsp3) is 0.556. The minimum absolute atomic E-state index is 0. The van der Waals surface area contributed by atoms with Crippen molar-refractivity contribution < 1.29 is 4.79 Å². The zero-order valence-corrected chi connectivity index (χ0v) is 18.4. The minimum Gasteiger partial charge on any atom is -0.357 e. The van der Waals surface area contributed by atoms with Crippen LogP contribution in [0.1, 0.15) is 25.3 Å². The van der Waals surface area contributed by atoms with Gasteiger partial charge in [-0.15, -0.1) is 24.0 Å². The van der Waals surface area contributed by atoms with E-state index in [2.05, 4.69) is 39.3 Å². The molecule has 0 atom stereocenters. The second kappa shape index (κ2) is 16.5. The monoisotopic (exact) mass is 478 g/mol. The number of amides is 1. The molecule has 1 rings (SSSR count). The highest BCUT2D eigenvalue weighted by Crippen LogP contribution is 1.98. The second-order valence-electron chi connectivity index (χ2n) is 5.41. The van der Waals surface area contributed by atoms with E-state index in [9.17, 15) is 4.79 Å². The molecule has 25 heavy (non-hydrogen) atoms. The zero-order valence-electron chi connectivity index (χ0n) is 15.2. The lowest BCUT2D eigenvalue weighted by molar-refractivity contribution is -0.119. The standard InChI is InChI=1S/C18H30N4OS.HI/c1-3-19-18(21-12-7-8-14-24-2)22-15-17(23)20-13-11-16-9-5-4-6-10-16;/h4-6,9-10H,3,7-8,11-15H2,1-2H3,(H,20,23)(H2,19,21,22);1H. The number of hydrogen-bond acceptors (Lipinski definition) is 3. The molecule has 0 spiro atoms. The number of rotatable bonds is 11. The van der Waals surface area contributed by atoms with Crippen molar-refractivity contribution >= 4 is 47.6 Å². The SMILES string of the molecule is CCNC(=NCC(=O)NCCc1ccccc1)NCCCCSC.I. The maximum atomic E-state index is 11.9. The number of aliphatic imine (C=N–C) groups is 1. The first-order chi connectivity index (χ1) is 11.8. The van der Waals surface area contributed by atoms with Crippen LogP contribution in [0, 0.1) is 0 Å². The van der Waals surface area contributed by atoms with Gasteiger partial charge in [0.2, 0.25) is 5.91 Å². The van der Waals surface area contributed by atoms with Crippen molar-refractivity contribution in [2.45, 2.75) is 26.2 Å². The summed E-state index contributed by atoms with van der Waals surface area (Å²) in [4.78, 5) is 16.2. The van der Waals surface area contributed by atoms with Gasteiger partial charge >= 0.3 is 0 Å². The van der Waals surface area contributed by atoms with E-state index in [1.165, 1.54) is 17.7 Å². The summed E-state index contributed by atoms with van der Waals surface area (Å²) in [5.41, 5.74) is 1.22. The van der Waals surface area contributed by atoms with Gasteiger partial charge in [0.15, 0.2) is 5.96 Å². The summed E-state index contributed by atoms with van der Waals surface area (Å²) in [7, 11) is 0. The van der Waals surface area contributed by atoms with Gasteiger partial charge in [0.05, 0.1) is 0 Å². The van der Waals surface area contributed by atoms with Crippen LogP contribution in [0.2, 0.25) is 0 Å². The molecule has 0 fully saturated rings. The van der Waals surface area contributed by atoms with Crippen molar-refractivity contribution in [3.63, 3.8) is 0 Å². The number of thioether (sulfide) groups is 1. The second-order valence-corrected chi connectivity index (χ2v) is 6.39. The van der Waals surface area contributed by atoms with Gasteiger partial charge in [0, 0.05) is 19.6 Å². The summed E-state index contributed by atoms with van der Waals surface area (Å²) in [6.45, 7) is 4.46. The summed E-state index contributed by atoms with van der Waals surface area (Å²) in [5, 5.41) is 9.34. The first-order valence-corrected chi connectivity index (χ1v) is 9.97. The van der Waals surface area contributed by atoms with E-state index in [1.807, 2.05) is 36.9 Å². The molecule has 7 heteroatoms. The Kier molecular flexibility index (Phi) is 15.9. The molecule has 0 unspecified atom stereocenters. The molecule has 0 aliphatic heterocycles. The average Bonchev–Trinajstić information content (AvgIpc) is 2.60. The smallest absolute Gasteiger partial charge is 0.241 e. The highest BCUT2D eigenvalue weighted by Gasteiger charge is 2.02. The van der Waals surface area contributed by atoms with Crippen molar-refractivity contribution in [1.82, 2.24) is 16.0 Å². The van der Waals surface area contributed by atoms with Crippen molar-refractivity contribution in [1.29, 1.82) is 0 Å². The third kappa shape index (κ3) is 13.0. The van der Waals surface area contributed by atoms with E-state index in [1.54, 1.807) is 0 Å². The highest BCUT2D eigenvalue weighted by atomic mass is 127. The number of nitrogens with one attached hydrogen (secondary N) is 3. The molecule has 0 aromatic heterocycles. The first kappa shape index (κ1) is 24.0. The van der Waals surface area contributed by atoms with E-state index >= 15 is 0 Å². The van der Waals surface area contributed by atoms with Gasteiger partial charge in [-0.1, -0.05) is 30.3 Å². The van der Waals surface area contributed by atoms with Crippen LogP contribution < -0.4 is 16.0 Å². The van der Waals surface area contributed by atoms with Gasteiger partial charge in [-0.3, -0.25) is 4.79 Å². The molecule has 0 radical (unpaired) electrons. The Morgan fingerprint density at radius 1 is 1.08 bits per heavy atom. The van der Waals surface area contributed by atoms with Crippen LogP contribution in [0.15, 0.2) is 35.3 Å². The van der Waals surface area contributed by atoms with Gasteiger partial charge < -0.3 is 16.0 Å². The number of benzene rings is 1. The highest BCUT2D eigenvalue weighted by molar-refractivity contribution is 14.0. The van der Waals surface area contributed by atoms with Gasteiger partial charge in [-0.2, -0.15) is 11.8 Å². The van der Waals surface area contributed by atoms with Gasteiger partial charge in [0.25, 0.3) is 0 Å². The predicted octanol–water partition coefficient (Wildman–Crippen LogP) is 2.66. The predicted molar refractivity (Wildman–Crippen MR) is 120 cm³/mol. The van der Waals surface area contributed by atoms with Crippen molar-refractivity contribution in [2.75, 3.05) is 38.2 Å². The molecule has 0 aliphatic carbocycles. The van der Waals surface area contributed by atoms with Crippen molar-refractivity contribution in [2.24, 2.45) is 4.99 Å². The topological polar surface area (TPSA) is 65.5 Å². The van der Waals surface area contributed by atoms with Crippen LogP contribution in [-0.4, -0.2) is 50.1 Å². The number of carbonyl (C=O) groups is 1. The van der Waals surface area contributed by atoms with Gasteiger partial charge in [-0.05, 0) is 43.8 Å². The molecule has 5 nitrogen and oxygen atoms in total. The fourth-order valence-corrected chi connectivity index (χ4v) is 2.61. The lowest BCUT2D eigenvalue weighted by Crippen LogP contribution is -2.39. The lowest BCUT2D eigenvalue weighted by atomic mass is 10.1. The van der Waals surface area contributed by atoms with E-state index in [0.29, 0.717) is 12.5 Å². The zero-order chi connectivity index (χ0) is 17.5. The Morgan fingerprint density at radius 2 is 1.84 bits per heavy atom. The molecule has 0 saturated carbocycles. The average molecular weight is 478 g/mol. The van der Waals surface area contributed by atoms with E-state index in [-0.39, 0.29) is 36.4 Å². The minimum atomic E-state index is -0.0504. The number of nitrogens with zero attached hydrogens (tertiary/aromatic N) is 1. The molecule has 142 valence electrons. The third-order valence-corrected chi connectivity index (χ3v) is 4.07. The first-order valence-electron chi connectivity index (χ1n) is 8.58. The van der Waals surface area contributed by atoms with Crippen LogP contribution in [0.3, 0.4) is 0 Å². The Labute approximate surface area is 173 Å². The summed E-state index contributed by atoms with van der Waals surface area (Å²) in [5.74, 6) is 1.84. The molecule has 1 aromatic carbocycles. The molecule has 0 aliphatic rings. The quantitative estimate of drug-likeness (QED) is 0.198. The van der Waals surface area contributed by atoms with E-state index in [0.717, 1.165) is 25.9 Å². The molecule has 1 aromatic rings. The third-order valence-electron chi connectivity index (χ3n) is 3.37. The number of hydrogen-bond donors (Lipinski definition) is 3. The van der Waals surface area contributed by atoms with Crippen LogP contribution in [0.5, 0.6) is 0 Å². The fourth-order valence-electron chi connectivity index (χ4n) is 2.12.